The minimum absolute atomic E-state index is 0.208. The van der Waals surface area contributed by atoms with E-state index in [9.17, 15) is 14.4 Å². The zero-order valence-corrected chi connectivity index (χ0v) is 16.4. The maximum absolute atomic E-state index is 12.5. The Balaban J connectivity index is 2.37. The normalized spacial score (nSPS) is 17.0. The molecule has 1 heterocycles. The number of carbonyl (C=O) groups is 3. The lowest BCUT2D eigenvalue weighted by atomic mass is 10.1. The van der Waals surface area contributed by atoms with E-state index >= 15 is 0 Å². The van der Waals surface area contributed by atoms with Gasteiger partial charge in [0.2, 0.25) is 0 Å². The first-order valence-corrected chi connectivity index (χ1v) is 8.71. The number of ether oxygens (including phenoxy) is 3. The lowest BCUT2D eigenvalue weighted by molar-refractivity contribution is -0.148. The van der Waals surface area contributed by atoms with Crippen LogP contribution in [0, 0.1) is 0 Å². The summed E-state index contributed by atoms with van der Waals surface area (Å²) in [4.78, 5) is 37.3. The van der Waals surface area contributed by atoms with Gasteiger partial charge < -0.3 is 14.2 Å². The van der Waals surface area contributed by atoms with Crippen molar-refractivity contribution in [3.8, 4) is 11.5 Å². The monoisotopic (exact) mass is 429 g/mol. The average molecular weight is 430 g/mol. The van der Waals surface area contributed by atoms with E-state index < -0.39 is 23.2 Å². The highest BCUT2D eigenvalue weighted by molar-refractivity contribution is 9.10. The summed E-state index contributed by atoms with van der Waals surface area (Å²) in [6.45, 7) is 1.44. The van der Waals surface area contributed by atoms with E-state index in [0.717, 1.165) is 16.7 Å². The Hall–Kier alpha value is -2.00. The van der Waals surface area contributed by atoms with Crippen molar-refractivity contribution in [2.45, 2.75) is 13.0 Å². The van der Waals surface area contributed by atoms with Gasteiger partial charge in [0.05, 0.1) is 30.7 Å². The molecule has 9 heteroatoms. The summed E-state index contributed by atoms with van der Waals surface area (Å²) >= 11 is 4.14. The fourth-order valence-electron chi connectivity index (χ4n) is 2.26. The number of halogens is 1. The van der Waals surface area contributed by atoms with Gasteiger partial charge in [-0.15, -0.1) is 0 Å². The zero-order valence-electron chi connectivity index (χ0n) is 14.0. The van der Waals surface area contributed by atoms with Crippen LogP contribution in [0.4, 0.5) is 4.79 Å². The standard InChI is InChI=1S/C16H16BrNO6S/c1-8(15(20)24-4)18-14(19)12(25-16(18)21)7-9-5-10(17)13(23-3)11(6-9)22-2/h5-8H,1-4H3. The van der Waals surface area contributed by atoms with Crippen molar-refractivity contribution in [2.75, 3.05) is 21.3 Å². The Kier molecular flexibility index (Phi) is 6.12. The van der Waals surface area contributed by atoms with Crippen molar-refractivity contribution < 1.29 is 28.6 Å². The minimum Gasteiger partial charge on any atom is -0.493 e. The lowest BCUT2D eigenvalue weighted by Crippen LogP contribution is -2.42. The molecule has 1 fully saturated rings. The van der Waals surface area contributed by atoms with Crippen molar-refractivity contribution in [2.24, 2.45) is 0 Å². The van der Waals surface area contributed by atoms with Gasteiger partial charge in [-0.3, -0.25) is 14.5 Å². The second-order valence-electron chi connectivity index (χ2n) is 4.99. The second kappa shape index (κ2) is 7.92. The van der Waals surface area contributed by atoms with E-state index in [1.54, 1.807) is 18.2 Å². The van der Waals surface area contributed by atoms with Gasteiger partial charge in [0.1, 0.15) is 6.04 Å². The lowest BCUT2D eigenvalue weighted by Gasteiger charge is -2.18. The maximum Gasteiger partial charge on any atom is 0.328 e. The van der Waals surface area contributed by atoms with Crippen molar-refractivity contribution >= 4 is 50.9 Å². The molecule has 1 saturated heterocycles. The van der Waals surface area contributed by atoms with Crippen LogP contribution in [0.5, 0.6) is 11.5 Å². The van der Waals surface area contributed by atoms with E-state index in [2.05, 4.69) is 20.7 Å². The molecule has 7 nitrogen and oxygen atoms in total. The summed E-state index contributed by atoms with van der Waals surface area (Å²) in [7, 11) is 4.22. The van der Waals surface area contributed by atoms with Gasteiger partial charge in [-0.05, 0) is 58.4 Å². The molecule has 0 aliphatic carbocycles. The van der Waals surface area contributed by atoms with Crippen LogP contribution < -0.4 is 9.47 Å². The summed E-state index contributed by atoms with van der Waals surface area (Å²) in [6.07, 6.45) is 1.56. The molecule has 1 aliphatic heterocycles. The molecule has 2 rings (SSSR count). The van der Waals surface area contributed by atoms with Gasteiger partial charge in [0.25, 0.3) is 11.1 Å². The van der Waals surface area contributed by atoms with Crippen molar-refractivity contribution in [3.63, 3.8) is 0 Å². The van der Waals surface area contributed by atoms with Gasteiger partial charge in [-0.1, -0.05) is 0 Å². The van der Waals surface area contributed by atoms with Crippen LogP contribution in [0.15, 0.2) is 21.5 Å². The highest BCUT2D eigenvalue weighted by atomic mass is 79.9. The number of thioether (sulfide) groups is 1. The summed E-state index contributed by atoms with van der Waals surface area (Å²) in [5, 5.41) is -0.520. The summed E-state index contributed by atoms with van der Waals surface area (Å²) in [5.41, 5.74) is 0.640. The van der Waals surface area contributed by atoms with Gasteiger partial charge in [-0.2, -0.15) is 0 Å². The van der Waals surface area contributed by atoms with Gasteiger partial charge >= 0.3 is 5.97 Å². The van der Waals surface area contributed by atoms with Crippen LogP contribution in [0.1, 0.15) is 12.5 Å². The van der Waals surface area contributed by atoms with E-state index in [1.165, 1.54) is 28.3 Å². The molecule has 0 radical (unpaired) electrons. The molecule has 1 unspecified atom stereocenters. The van der Waals surface area contributed by atoms with Gasteiger partial charge in [-0.25, -0.2) is 4.79 Å². The summed E-state index contributed by atoms with van der Waals surface area (Å²) in [6, 6.07) is 2.43. The minimum atomic E-state index is -0.986. The van der Waals surface area contributed by atoms with E-state index in [4.69, 9.17) is 9.47 Å². The molecule has 1 aliphatic rings. The first-order valence-electron chi connectivity index (χ1n) is 7.10. The summed E-state index contributed by atoms with van der Waals surface area (Å²) < 4.78 is 15.7. The number of hydrogen-bond donors (Lipinski definition) is 0. The molecule has 25 heavy (non-hydrogen) atoms. The number of esters is 1. The van der Waals surface area contributed by atoms with Crippen LogP contribution in [0.25, 0.3) is 6.08 Å². The molecule has 0 N–H and O–H groups in total. The largest absolute Gasteiger partial charge is 0.493 e. The maximum atomic E-state index is 12.5. The fourth-order valence-corrected chi connectivity index (χ4v) is 3.79. The van der Waals surface area contributed by atoms with E-state index in [1.807, 2.05) is 0 Å². The number of nitrogens with zero attached hydrogens (tertiary/aromatic N) is 1. The van der Waals surface area contributed by atoms with Gasteiger partial charge in [0, 0.05) is 0 Å². The number of methoxy groups -OCH3 is 3. The Bertz CT molecular complexity index is 763. The molecule has 0 bridgehead atoms. The third-order valence-corrected chi connectivity index (χ3v) is 4.98. The smallest absolute Gasteiger partial charge is 0.328 e. The molecule has 0 aromatic heterocycles. The highest BCUT2D eigenvalue weighted by Gasteiger charge is 2.41. The SMILES string of the molecule is COC(=O)C(C)N1C(=O)SC(=Cc2cc(Br)c(OC)c(OC)c2)C1=O. The molecule has 1 aromatic rings. The molecule has 0 spiro atoms. The molecule has 2 amide bonds. The number of imide groups is 1. The second-order valence-corrected chi connectivity index (χ2v) is 6.84. The number of hydrogen-bond acceptors (Lipinski definition) is 7. The quantitative estimate of drug-likeness (QED) is 0.525. The van der Waals surface area contributed by atoms with Crippen molar-refractivity contribution in [3.05, 3.63) is 27.1 Å². The third kappa shape index (κ3) is 3.82. The van der Waals surface area contributed by atoms with Crippen LogP contribution in [0.2, 0.25) is 0 Å². The topological polar surface area (TPSA) is 82.1 Å². The van der Waals surface area contributed by atoms with Crippen LogP contribution in [-0.4, -0.2) is 49.4 Å². The number of rotatable bonds is 5. The average Bonchev–Trinajstić information content (AvgIpc) is 2.86. The van der Waals surface area contributed by atoms with Crippen molar-refractivity contribution in [1.29, 1.82) is 0 Å². The Labute approximate surface area is 157 Å². The number of amides is 2. The molecular weight excluding hydrogens is 414 g/mol. The predicted molar refractivity (Wildman–Crippen MR) is 96.5 cm³/mol. The molecule has 0 saturated carbocycles. The molecule has 134 valence electrons. The first kappa shape index (κ1) is 19.3. The first-order chi connectivity index (χ1) is 11.8. The van der Waals surface area contributed by atoms with E-state index in [0.29, 0.717) is 21.5 Å². The number of benzene rings is 1. The van der Waals surface area contributed by atoms with Crippen LogP contribution in [-0.2, 0) is 14.3 Å². The Morgan fingerprint density at radius 3 is 2.48 bits per heavy atom. The molecule has 1 aromatic carbocycles. The summed E-state index contributed by atoms with van der Waals surface area (Å²) in [5.74, 6) is -0.200. The fraction of sp³-hybridized carbons (Fsp3) is 0.312. The van der Waals surface area contributed by atoms with Crippen LogP contribution in [0.3, 0.4) is 0 Å². The van der Waals surface area contributed by atoms with Crippen molar-refractivity contribution in [1.82, 2.24) is 4.90 Å². The number of carbonyl (C=O) groups excluding carboxylic acids is 3. The zero-order chi connectivity index (χ0) is 18.7. The third-order valence-electron chi connectivity index (χ3n) is 3.51. The predicted octanol–water partition coefficient (Wildman–Crippen LogP) is 3.06. The molecule has 1 atom stereocenters. The van der Waals surface area contributed by atoms with Gasteiger partial charge in [0.15, 0.2) is 11.5 Å². The van der Waals surface area contributed by atoms with E-state index in [-0.39, 0.29) is 4.91 Å². The highest BCUT2D eigenvalue weighted by Crippen LogP contribution is 2.39. The Morgan fingerprint density at radius 1 is 1.24 bits per heavy atom. The van der Waals surface area contributed by atoms with Crippen LogP contribution >= 0.6 is 27.7 Å². The Morgan fingerprint density at radius 2 is 1.92 bits per heavy atom. The molecular formula is C16H16BrNO6S.